The number of carbonyl (C=O) groups is 1. The van der Waals surface area contributed by atoms with Crippen LogP contribution in [0.1, 0.15) is 36.3 Å². The Morgan fingerprint density at radius 2 is 2.06 bits per heavy atom. The Morgan fingerprint density at radius 3 is 2.53 bits per heavy atom. The third-order valence-electron chi connectivity index (χ3n) is 2.24. The molecule has 0 atom stereocenters. The Balaban J connectivity index is 3.40. The summed E-state index contributed by atoms with van der Waals surface area (Å²) >= 11 is 0. The van der Waals surface area contributed by atoms with Crippen molar-refractivity contribution < 1.29 is 18.3 Å². The highest BCUT2D eigenvalue weighted by Gasteiger charge is 2.23. The highest BCUT2D eigenvalue weighted by Crippen LogP contribution is 2.22. The minimum Gasteiger partial charge on any atom is -0.462 e. The van der Waals surface area contributed by atoms with Crippen LogP contribution in [0.15, 0.2) is 16.9 Å². The number of halogens is 2. The van der Waals surface area contributed by atoms with E-state index in [4.69, 9.17) is 0 Å². The lowest BCUT2D eigenvalue weighted by atomic mass is 10.2. The molecule has 0 N–H and O–H groups in total. The van der Waals surface area contributed by atoms with Crippen LogP contribution in [0.2, 0.25) is 0 Å². The second kappa shape index (κ2) is 5.56. The van der Waals surface area contributed by atoms with E-state index in [2.05, 4.69) is 4.74 Å². The molecule has 4 nitrogen and oxygen atoms in total. The molecule has 0 radical (unpaired) electrons. The molecule has 0 unspecified atom stereocenters. The molecule has 1 aromatic rings. The van der Waals surface area contributed by atoms with Crippen LogP contribution in [-0.4, -0.2) is 17.1 Å². The first-order valence-electron chi connectivity index (χ1n) is 5.21. The average Bonchev–Trinajstić information content (AvgIpc) is 2.28. The van der Waals surface area contributed by atoms with Crippen molar-refractivity contribution in [2.24, 2.45) is 0 Å². The van der Waals surface area contributed by atoms with Gasteiger partial charge in [0, 0.05) is 12.6 Å². The van der Waals surface area contributed by atoms with E-state index in [1.165, 1.54) is 0 Å². The summed E-state index contributed by atoms with van der Waals surface area (Å²) < 4.78 is 31.3. The predicted molar refractivity (Wildman–Crippen MR) is 57.3 cm³/mol. The molecule has 94 valence electrons. The Labute approximate surface area is 96.8 Å². The number of alkyl halides is 2. The van der Waals surface area contributed by atoms with Gasteiger partial charge in [-0.15, -0.1) is 0 Å². The molecule has 0 spiro atoms. The SMILES string of the molecule is CCOC(=O)c1ccc(=O)n(CC)c1C(F)F. The highest BCUT2D eigenvalue weighted by atomic mass is 19.3. The fourth-order valence-corrected chi connectivity index (χ4v) is 1.54. The van der Waals surface area contributed by atoms with Crippen LogP contribution in [0.3, 0.4) is 0 Å². The third-order valence-corrected chi connectivity index (χ3v) is 2.24. The van der Waals surface area contributed by atoms with E-state index in [0.717, 1.165) is 16.7 Å². The van der Waals surface area contributed by atoms with E-state index in [0.29, 0.717) is 0 Å². The van der Waals surface area contributed by atoms with Gasteiger partial charge in [0.2, 0.25) is 0 Å². The van der Waals surface area contributed by atoms with E-state index >= 15 is 0 Å². The normalized spacial score (nSPS) is 10.6. The van der Waals surface area contributed by atoms with Gasteiger partial charge in [0.1, 0.15) is 5.69 Å². The molecule has 0 amide bonds. The van der Waals surface area contributed by atoms with Crippen LogP contribution >= 0.6 is 0 Å². The maximum atomic E-state index is 12.9. The molecule has 0 saturated heterocycles. The number of ether oxygens (including phenoxy) is 1. The van der Waals surface area contributed by atoms with Gasteiger partial charge >= 0.3 is 5.97 Å². The topological polar surface area (TPSA) is 48.3 Å². The summed E-state index contributed by atoms with van der Waals surface area (Å²) in [7, 11) is 0. The van der Waals surface area contributed by atoms with Crippen LogP contribution in [0.4, 0.5) is 8.78 Å². The zero-order valence-corrected chi connectivity index (χ0v) is 9.57. The molecule has 17 heavy (non-hydrogen) atoms. The number of carbonyl (C=O) groups excluding carboxylic acids is 1. The maximum absolute atomic E-state index is 12.9. The fourth-order valence-electron chi connectivity index (χ4n) is 1.54. The summed E-state index contributed by atoms with van der Waals surface area (Å²) in [4.78, 5) is 22.9. The molecule has 0 fully saturated rings. The Morgan fingerprint density at radius 1 is 1.41 bits per heavy atom. The maximum Gasteiger partial charge on any atom is 0.340 e. The van der Waals surface area contributed by atoms with Crippen molar-refractivity contribution in [2.45, 2.75) is 26.8 Å². The lowest BCUT2D eigenvalue weighted by Gasteiger charge is -2.13. The average molecular weight is 245 g/mol. The molecule has 6 heteroatoms. The molecule has 0 saturated carbocycles. The molecule has 0 bridgehead atoms. The minimum absolute atomic E-state index is 0.0752. The van der Waals surface area contributed by atoms with Crippen LogP contribution < -0.4 is 5.56 Å². The monoisotopic (exact) mass is 245 g/mol. The van der Waals surface area contributed by atoms with E-state index in [1.54, 1.807) is 13.8 Å². The number of rotatable bonds is 4. The van der Waals surface area contributed by atoms with E-state index in [9.17, 15) is 18.4 Å². The van der Waals surface area contributed by atoms with Crippen LogP contribution in [0.25, 0.3) is 0 Å². The van der Waals surface area contributed by atoms with Gasteiger partial charge in [-0.3, -0.25) is 4.79 Å². The van der Waals surface area contributed by atoms with Gasteiger partial charge in [-0.1, -0.05) is 0 Å². The molecule has 0 aliphatic carbocycles. The van der Waals surface area contributed by atoms with Crippen molar-refractivity contribution >= 4 is 5.97 Å². The van der Waals surface area contributed by atoms with E-state index in [1.807, 2.05) is 0 Å². The molecular formula is C11H13F2NO3. The molecular weight excluding hydrogens is 232 g/mol. The lowest BCUT2D eigenvalue weighted by molar-refractivity contribution is 0.0511. The van der Waals surface area contributed by atoms with Crippen LogP contribution in [0, 0.1) is 0 Å². The Kier molecular flexibility index (Phi) is 4.37. The van der Waals surface area contributed by atoms with Gasteiger partial charge in [0.25, 0.3) is 12.0 Å². The number of pyridine rings is 1. The molecule has 0 aromatic carbocycles. The van der Waals surface area contributed by atoms with Crippen molar-refractivity contribution in [2.75, 3.05) is 6.61 Å². The second-order valence-corrected chi connectivity index (χ2v) is 3.24. The summed E-state index contributed by atoms with van der Waals surface area (Å²) in [5.41, 5.74) is -1.41. The van der Waals surface area contributed by atoms with E-state index in [-0.39, 0.29) is 18.7 Å². The van der Waals surface area contributed by atoms with Gasteiger partial charge in [-0.2, -0.15) is 0 Å². The third kappa shape index (κ3) is 2.69. The summed E-state index contributed by atoms with van der Waals surface area (Å²) in [6.45, 7) is 3.30. The largest absolute Gasteiger partial charge is 0.462 e. The first-order valence-corrected chi connectivity index (χ1v) is 5.21. The molecule has 1 heterocycles. The smallest absolute Gasteiger partial charge is 0.340 e. The lowest BCUT2D eigenvalue weighted by Crippen LogP contribution is -2.25. The molecule has 1 aromatic heterocycles. The number of hydrogen-bond acceptors (Lipinski definition) is 3. The van der Waals surface area contributed by atoms with Crippen molar-refractivity contribution in [1.82, 2.24) is 4.57 Å². The van der Waals surface area contributed by atoms with Gasteiger partial charge in [-0.05, 0) is 19.9 Å². The molecule has 0 aliphatic heterocycles. The zero-order chi connectivity index (χ0) is 13.0. The number of esters is 1. The second-order valence-electron chi connectivity index (χ2n) is 3.24. The summed E-state index contributed by atoms with van der Waals surface area (Å²) in [5.74, 6) is -0.843. The Hall–Kier alpha value is -1.72. The van der Waals surface area contributed by atoms with Crippen LogP contribution in [0.5, 0.6) is 0 Å². The van der Waals surface area contributed by atoms with Crippen molar-refractivity contribution in [3.63, 3.8) is 0 Å². The van der Waals surface area contributed by atoms with Crippen LogP contribution in [-0.2, 0) is 11.3 Å². The van der Waals surface area contributed by atoms with Crippen molar-refractivity contribution in [1.29, 1.82) is 0 Å². The first kappa shape index (κ1) is 13.3. The van der Waals surface area contributed by atoms with Gasteiger partial charge in [0.05, 0.1) is 12.2 Å². The zero-order valence-electron chi connectivity index (χ0n) is 9.57. The quantitative estimate of drug-likeness (QED) is 0.762. The van der Waals surface area contributed by atoms with Crippen molar-refractivity contribution in [3.8, 4) is 0 Å². The van der Waals surface area contributed by atoms with Gasteiger partial charge in [-0.25, -0.2) is 13.6 Å². The predicted octanol–water partition coefficient (Wildman–Crippen LogP) is 1.98. The number of nitrogens with zero attached hydrogens (tertiary/aromatic N) is 1. The first-order chi connectivity index (χ1) is 8.02. The molecule has 0 aliphatic rings. The summed E-state index contributed by atoms with van der Waals surface area (Å²) in [5, 5.41) is 0. The standard InChI is InChI=1S/C11H13F2NO3/c1-3-14-8(15)6-5-7(9(14)10(12)13)11(16)17-4-2/h5-6,10H,3-4H2,1-2H3. The van der Waals surface area contributed by atoms with E-state index < -0.39 is 23.6 Å². The summed E-state index contributed by atoms with van der Waals surface area (Å²) in [6, 6.07) is 2.16. The Bertz CT molecular complexity index is 468. The van der Waals surface area contributed by atoms with Gasteiger partial charge in [0.15, 0.2) is 0 Å². The fraction of sp³-hybridized carbons (Fsp3) is 0.455. The summed E-state index contributed by atoms with van der Waals surface area (Å²) in [6.07, 6.45) is -2.90. The van der Waals surface area contributed by atoms with Crippen molar-refractivity contribution in [3.05, 3.63) is 33.7 Å². The van der Waals surface area contributed by atoms with Gasteiger partial charge < -0.3 is 9.30 Å². The highest BCUT2D eigenvalue weighted by molar-refractivity contribution is 5.90. The molecule has 1 rings (SSSR count). The number of hydrogen-bond donors (Lipinski definition) is 0. The minimum atomic E-state index is -2.90. The number of aromatic nitrogens is 1.